The molecule has 2 N–H and O–H groups in total. The first-order valence-electron chi connectivity index (χ1n) is 10.2. The minimum Gasteiger partial charge on any atom is -0.352 e. The van der Waals surface area contributed by atoms with E-state index in [4.69, 9.17) is 0 Å². The molecule has 1 aromatic rings. The summed E-state index contributed by atoms with van der Waals surface area (Å²) in [4.78, 5) is 26.7. The summed E-state index contributed by atoms with van der Waals surface area (Å²) in [5.41, 5.74) is 2.34. The molecule has 0 saturated carbocycles. The molecular weight excluding hydrogens is 338 g/mol. The van der Waals surface area contributed by atoms with Gasteiger partial charge in [0.2, 0.25) is 5.91 Å². The average Bonchev–Trinajstić information content (AvgIpc) is 3.09. The van der Waals surface area contributed by atoms with E-state index in [9.17, 15) is 9.59 Å². The Balaban J connectivity index is 1.41. The zero-order valence-electron chi connectivity index (χ0n) is 16.9. The topological polar surface area (TPSA) is 61.4 Å². The number of benzene rings is 1. The van der Waals surface area contributed by atoms with Crippen LogP contribution in [-0.4, -0.2) is 49.4 Å². The molecule has 2 fully saturated rings. The first-order valence-corrected chi connectivity index (χ1v) is 10.2. The zero-order chi connectivity index (χ0) is 19.5. The molecule has 0 radical (unpaired) electrons. The summed E-state index contributed by atoms with van der Waals surface area (Å²) in [6, 6.07) is 7.72. The maximum Gasteiger partial charge on any atom is 0.251 e. The highest BCUT2D eigenvalue weighted by Crippen LogP contribution is 2.36. The van der Waals surface area contributed by atoms with Crippen molar-refractivity contribution in [1.29, 1.82) is 0 Å². The molecule has 0 atom stereocenters. The molecule has 1 spiro atoms. The van der Waals surface area contributed by atoms with Gasteiger partial charge in [-0.25, -0.2) is 0 Å². The average molecular weight is 372 g/mol. The van der Waals surface area contributed by atoms with Crippen molar-refractivity contribution < 1.29 is 9.59 Å². The fourth-order valence-corrected chi connectivity index (χ4v) is 4.12. The van der Waals surface area contributed by atoms with E-state index < -0.39 is 0 Å². The van der Waals surface area contributed by atoms with Gasteiger partial charge in [0.05, 0.1) is 0 Å². The van der Waals surface area contributed by atoms with Gasteiger partial charge in [0.15, 0.2) is 0 Å². The van der Waals surface area contributed by atoms with E-state index in [-0.39, 0.29) is 17.2 Å². The van der Waals surface area contributed by atoms with E-state index >= 15 is 0 Å². The van der Waals surface area contributed by atoms with Gasteiger partial charge in [-0.05, 0) is 54.3 Å². The Bertz CT molecular complexity index is 660. The van der Waals surface area contributed by atoms with Crippen molar-refractivity contribution in [1.82, 2.24) is 15.5 Å². The molecule has 2 heterocycles. The maximum atomic E-state index is 12.4. The van der Waals surface area contributed by atoms with E-state index in [0.717, 1.165) is 39.0 Å². The fourth-order valence-electron chi connectivity index (χ4n) is 4.12. The number of piperidine rings is 1. The summed E-state index contributed by atoms with van der Waals surface area (Å²) >= 11 is 0. The van der Waals surface area contributed by atoms with E-state index in [2.05, 4.69) is 31.4 Å². The first-order chi connectivity index (χ1) is 12.8. The van der Waals surface area contributed by atoms with Gasteiger partial charge in [0, 0.05) is 38.2 Å². The highest BCUT2D eigenvalue weighted by atomic mass is 16.2. The molecule has 2 aliphatic heterocycles. The lowest BCUT2D eigenvalue weighted by Gasteiger charge is -2.39. The summed E-state index contributed by atoms with van der Waals surface area (Å²) in [7, 11) is 0. The van der Waals surface area contributed by atoms with Gasteiger partial charge >= 0.3 is 0 Å². The molecule has 1 aromatic carbocycles. The number of likely N-dealkylation sites (tertiary alicyclic amines) is 1. The predicted octanol–water partition coefficient (Wildman–Crippen LogP) is 2.71. The Morgan fingerprint density at radius 2 is 1.78 bits per heavy atom. The van der Waals surface area contributed by atoms with Gasteiger partial charge in [0.25, 0.3) is 5.91 Å². The normalized spacial score (nSPS) is 19.3. The van der Waals surface area contributed by atoms with Crippen LogP contribution in [0, 0.1) is 5.41 Å². The lowest BCUT2D eigenvalue weighted by molar-refractivity contribution is -0.133. The fraction of sp³-hybridized carbons (Fsp3) is 0.636. The summed E-state index contributed by atoms with van der Waals surface area (Å²) in [6.45, 7) is 10.8. The molecule has 0 bridgehead atoms. The molecule has 2 saturated heterocycles. The van der Waals surface area contributed by atoms with E-state index in [1.807, 2.05) is 29.2 Å². The maximum absolute atomic E-state index is 12.4. The highest BCUT2D eigenvalue weighted by molar-refractivity contribution is 5.94. The largest absolute Gasteiger partial charge is 0.352 e. The molecule has 2 amide bonds. The Morgan fingerprint density at radius 3 is 2.33 bits per heavy atom. The molecule has 5 heteroatoms. The number of carbonyl (C=O) groups excluding carboxylic acids is 2. The third-order valence-corrected chi connectivity index (χ3v) is 6.15. The van der Waals surface area contributed by atoms with Gasteiger partial charge in [-0.1, -0.05) is 32.9 Å². The van der Waals surface area contributed by atoms with Crippen LogP contribution in [0.15, 0.2) is 24.3 Å². The molecule has 27 heavy (non-hydrogen) atoms. The van der Waals surface area contributed by atoms with Crippen LogP contribution in [-0.2, 0) is 10.2 Å². The van der Waals surface area contributed by atoms with Crippen molar-refractivity contribution in [3.05, 3.63) is 35.4 Å². The second-order valence-electron chi connectivity index (χ2n) is 9.14. The van der Waals surface area contributed by atoms with Crippen LogP contribution in [0.5, 0.6) is 0 Å². The first kappa shape index (κ1) is 19.9. The molecule has 0 aromatic heterocycles. The molecule has 0 unspecified atom stereocenters. The summed E-state index contributed by atoms with van der Waals surface area (Å²) < 4.78 is 0. The van der Waals surface area contributed by atoms with Gasteiger partial charge in [-0.3, -0.25) is 9.59 Å². The van der Waals surface area contributed by atoms with E-state index in [1.165, 1.54) is 12.0 Å². The number of hydrogen-bond acceptors (Lipinski definition) is 3. The summed E-state index contributed by atoms with van der Waals surface area (Å²) in [6.07, 6.45) is 3.80. The van der Waals surface area contributed by atoms with E-state index in [1.54, 1.807) is 0 Å². The van der Waals surface area contributed by atoms with Crippen LogP contribution in [0.1, 0.15) is 62.4 Å². The number of nitrogens with zero attached hydrogens (tertiary/aromatic N) is 1. The van der Waals surface area contributed by atoms with Crippen LogP contribution in [0.4, 0.5) is 0 Å². The zero-order valence-corrected chi connectivity index (χ0v) is 16.9. The van der Waals surface area contributed by atoms with Crippen molar-refractivity contribution in [3.8, 4) is 0 Å². The molecule has 148 valence electrons. The van der Waals surface area contributed by atoms with Gasteiger partial charge in [0.1, 0.15) is 0 Å². The van der Waals surface area contributed by atoms with Crippen molar-refractivity contribution >= 4 is 11.8 Å². The van der Waals surface area contributed by atoms with Crippen LogP contribution >= 0.6 is 0 Å². The van der Waals surface area contributed by atoms with Gasteiger partial charge in [-0.15, -0.1) is 0 Å². The Kier molecular flexibility index (Phi) is 5.89. The molecule has 3 rings (SSSR count). The van der Waals surface area contributed by atoms with Crippen LogP contribution in [0.2, 0.25) is 0 Å². The second-order valence-corrected chi connectivity index (χ2v) is 9.14. The molecule has 0 aliphatic carbocycles. The number of rotatable bonds is 4. The van der Waals surface area contributed by atoms with Crippen LogP contribution < -0.4 is 10.6 Å². The third-order valence-electron chi connectivity index (χ3n) is 6.15. The van der Waals surface area contributed by atoms with Crippen molar-refractivity contribution in [2.45, 2.75) is 51.9 Å². The third kappa shape index (κ3) is 4.89. The molecular formula is C22H33N3O2. The van der Waals surface area contributed by atoms with Crippen molar-refractivity contribution in [2.75, 3.05) is 32.7 Å². The predicted molar refractivity (Wildman–Crippen MR) is 108 cm³/mol. The smallest absolute Gasteiger partial charge is 0.251 e. The standard InChI is InChI=1S/C22H33N3O2/c1-21(2,3)18-6-4-17(5-7-18)20(27)24-12-8-19(26)25-14-10-22(11-15-25)9-13-23-16-22/h4-7,23H,8-16H2,1-3H3,(H,24,27). The van der Waals surface area contributed by atoms with Crippen LogP contribution in [0.3, 0.4) is 0 Å². The minimum absolute atomic E-state index is 0.0724. The monoisotopic (exact) mass is 371 g/mol. The number of amides is 2. The van der Waals surface area contributed by atoms with Gasteiger partial charge < -0.3 is 15.5 Å². The minimum atomic E-state index is -0.113. The lowest BCUT2D eigenvalue weighted by Crippen LogP contribution is -2.44. The Hall–Kier alpha value is -1.88. The second kappa shape index (κ2) is 8.01. The van der Waals surface area contributed by atoms with E-state index in [0.29, 0.717) is 23.9 Å². The van der Waals surface area contributed by atoms with Crippen molar-refractivity contribution in [3.63, 3.8) is 0 Å². The quantitative estimate of drug-likeness (QED) is 0.855. The summed E-state index contributed by atoms with van der Waals surface area (Å²) in [5, 5.41) is 6.33. The number of nitrogens with one attached hydrogen (secondary N) is 2. The molecule has 5 nitrogen and oxygen atoms in total. The van der Waals surface area contributed by atoms with Crippen molar-refractivity contribution in [2.24, 2.45) is 5.41 Å². The SMILES string of the molecule is CC(C)(C)c1ccc(C(=O)NCCC(=O)N2CCC3(CCNC3)CC2)cc1. The Morgan fingerprint density at radius 1 is 1.11 bits per heavy atom. The van der Waals surface area contributed by atoms with Crippen LogP contribution in [0.25, 0.3) is 0 Å². The Labute approximate surface area is 162 Å². The number of hydrogen-bond donors (Lipinski definition) is 2. The van der Waals surface area contributed by atoms with Gasteiger partial charge in [-0.2, -0.15) is 0 Å². The summed E-state index contributed by atoms with van der Waals surface area (Å²) in [5.74, 6) is 0.0390. The highest BCUT2D eigenvalue weighted by Gasteiger charge is 2.37. The number of carbonyl (C=O) groups is 2. The molecule has 2 aliphatic rings. The lowest BCUT2D eigenvalue weighted by atomic mass is 9.78.